The van der Waals surface area contributed by atoms with Gasteiger partial charge in [-0.1, -0.05) is 28.9 Å². The third-order valence-corrected chi connectivity index (χ3v) is 9.63. The van der Waals surface area contributed by atoms with Gasteiger partial charge in [-0.15, -0.1) is 11.3 Å². The normalized spacial score (nSPS) is 12.1. The number of hydrogen-bond donors (Lipinski definition) is 3. The van der Waals surface area contributed by atoms with Crippen molar-refractivity contribution in [3.8, 4) is 0 Å². The van der Waals surface area contributed by atoms with Gasteiger partial charge in [0.05, 0.1) is 28.2 Å². The minimum Gasteiger partial charge on any atom is -0.337 e. The van der Waals surface area contributed by atoms with Gasteiger partial charge in [0, 0.05) is 11.1 Å². The quantitative estimate of drug-likeness (QED) is 0.319. The van der Waals surface area contributed by atoms with E-state index in [1.807, 2.05) is 4.72 Å². The van der Waals surface area contributed by atoms with Crippen LogP contribution in [0.3, 0.4) is 0 Å². The number of carbonyl (C=O) groups excluding carboxylic acids is 2. The van der Waals surface area contributed by atoms with Gasteiger partial charge in [-0.3, -0.25) is 9.59 Å². The van der Waals surface area contributed by atoms with Crippen LogP contribution in [-0.4, -0.2) is 45.8 Å². The van der Waals surface area contributed by atoms with E-state index in [4.69, 9.17) is 16.1 Å². The fraction of sp³-hybridized carbons (Fsp3) is 0.292. The van der Waals surface area contributed by atoms with Gasteiger partial charge in [-0.2, -0.15) is 0 Å². The standard InChI is InChI=1S/C24H27ClN4O7S3/c1-12-10-13(2)19(17(11-12)22(30)29-38(6,32)33)27-23(31)20-21(14(3)16(5)37-20)39(34,35)9-7-8-26-24-18(25)15(4)28-36-24/h7-8,10-11,26H,9H2,1-6H3,(H,27,31)(H,29,30). The van der Waals surface area contributed by atoms with Gasteiger partial charge < -0.3 is 15.2 Å². The number of carbonyl (C=O) groups is 2. The number of thiophene rings is 1. The van der Waals surface area contributed by atoms with E-state index in [9.17, 15) is 26.4 Å². The summed E-state index contributed by atoms with van der Waals surface area (Å²) < 4.78 is 56.8. The minimum atomic E-state index is -3.98. The van der Waals surface area contributed by atoms with E-state index in [-0.39, 0.29) is 31.9 Å². The summed E-state index contributed by atoms with van der Waals surface area (Å²) in [6.45, 7) is 8.31. The number of rotatable bonds is 9. The van der Waals surface area contributed by atoms with E-state index in [1.165, 1.54) is 18.3 Å². The summed E-state index contributed by atoms with van der Waals surface area (Å²) >= 11 is 7.03. The predicted molar refractivity (Wildman–Crippen MR) is 151 cm³/mol. The van der Waals surface area contributed by atoms with Crippen molar-refractivity contribution in [1.82, 2.24) is 9.88 Å². The molecule has 0 saturated carbocycles. The van der Waals surface area contributed by atoms with Crippen molar-refractivity contribution < 1.29 is 30.9 Å². The summed E-state index contributed by atoms with van der Waals surface area (Å²) in [5.74, 6) is -1.95. The number of aryl methyl sites for hydroxylation is 4. The number of nitrogens with one attached hydrogen (secondary N) is 3. The Morgan fingerprint density at radius 3 is 2.33 bits per heavy atom. The molecular weight excluding hydrogens is 588 g/mol. The summed E-state index contributed by atoms with van der Waals surface area (Å²) in [5.41, 5.74) is 2.05. The van der Waals surface area contributed by atoms with E-state index >= 15 is 0 Å². The average Bonchev–Trinajstić information content (AvgIpc) is 3.30. The SMILES string of the molecule is Cc1cc(C)c(NC(=O)c2sc(C)c(C)c2S(=O)(=O)CC=CNc2onc(C)c2Cl)c(C(=O)NS(C)(=O)=O)c1. The van der Waals surface area contributed by atoms with E-state index < -0.39 is 37.4 Å². The lowest BCUT2D eigenvalue weighted by molar-refractivity contribution is 0.0982. The highest BCUT2D eigenvalue weighted by Crippen LogP contribution is 2.34. The van der Waals surface area contributed by atoms with Crippen LogP contribution >= 0.6 is 22.9 Å². The van der Waals surface area contributed by atoms with Crippen LogP contribution in [0.5, 0.6) is 0 Å². The van der Waals surface area contributed by atoms with Crippen LogP contribution in [0.25, 0.3) is 0 Å². The summed E-state index contributed by atoms with van der Waals surface area (Å²) in [6, 6.07) is 3.14. The van der Waals surface area contributed by atoms with Gasteiger partial charge >= 0.3 is 0 Å². The molecule has 0 fully saturated rings. The Hall–Kier alpha value is -3.20. The topological polar surface area (TPSA) is 165 Å². The van der Waals surface area contributed by atoms with Gasteiger partial charge in [0.15, 0.2) is 9.84 Å². The second-order valence-electron chi connectivity index (χ2n) is 8.84. The van der Waals surface area contributed by atoms with Crippen LogP contribution < -0.4 is 15.4 Å². The van der Waals surface area contributed by atoms with Crippen LogP contribution in [0, 0.1) is 34.6 Å². The molecule has 39 heavy (non-hydrogen) atoms. The Morgan fingerprint density at radius 2 is 1.74 bits per heavy atom. The number of aromatic nitrogens is 1. The van der Waals surface area contributed by atoms with Crippen molar-refractivity contribution in [3.63, 3.8) is 0 Å². The van der Waals surface area contributed by atoms with E-state index in [1.54, 1.807) is 40.7 Å². The molecule has 210 valence electrons. The average molecular weight is 615 g/mol. The molecule has 3 N–H and O–H groups in total. The first kappa shape index (κ1) is 30.3. The number of benzene rings is 1. The molecule has 0 aliphatic heterocycles. The van der Waals surface area contributed by atoms with Gasteiger partial charge in [0.25, 0.3) is 11.8 Å². The third-order valence-electron chi connectivity index (χ3n) is 5.53. The lowest BCUT2D eigenvalue weighted by atomic mass is 10.0. The number of nitrogens with zero attached hydrogens (tertiary/aromatic N) is 1. The van der Waals surface area contributed by atoms with Crippen molar-refractivity contribution in [2.24, 2.45) is 0 Å². The first-order valence-electron chi connectivity index (χ1n) is 11.3. The highest BCUT2D eigenvalue weighted by atomic mass is 35.5. The van der Waals surface area contributed by atoms with Gasteiger partial charge in [0.2, 0.25) is 15.9 Å². The fourth-order valence-electron chi connectivity index (χ4n) is 3.68. The Labute approximate surface area is 235 Å². The van der Waals surface area contributed by atoms with Gasteiger partial charge in [0.1, 0.15) is 15.6 Å². The molecule has 3 rings (SSSR count). The van der Waals surface area contributed by atoms with Crippen LogP contribution in [-0.2, 0) is 19.9 Å². The molecule has 1 aromatic carbocycles. The van der Waals surface area contributed by atoms with Crippen LogP contribution in [0.2, 0.25) is 5.02 Å². The summed E-state index contributed by atoms with van der Waals surface area (Å²) in [6.07, 6.45) is 3.53. The van der Waals surface area contributed by atoms with E-state index in [0.717, 1.165) is 17.6 Å². The molecule has 15 heteroatoms. The molecular formula is C24H27ClN4O7S3. The molecule has 0 unspecified atom stereocenters. The maximum Gasteiger partial charge on any atom is 0.267 e. The second kappa shape index (κ2) is 11.5. The zero-order valence-corrected chi connectivity index (χ0v) is 25.1. The van der Waals surface area contributed by atoms with Crippen LogP contribution in [0.15, 0.2) is 33.8 Å². The molecule has 2 heterocycles. The second-order valence-corrected chi connectivity index (χ2v) is 14.2. The zero-order chi connectivity index (χ0) is 29.3. The van der Waals surface area contributed by atoms with Crippen molar-refractivity contribution in [3.05, 3.63) is 67.1 Å². The van der Waals surface area contributed by atoms with Crippen molar-refractivity contribution in [2.45, 2.75) is 39.5 Å². The van der Waals surface area contributed by atoms with Crippen LogP contribution in [0.1, 0.15) is 47.3 Å². The molecule has 0 saturated heterocycles. The number of sulfone groups is 1. The number of anilines is 2. The summed E-state index contributed by atoms with van der Waals surface area (Å²) in [4.78, 5) is 26.5. The van der Waals surface area contributed by atoms with Crippen molar-refractivity contribution in [2.75, 3.05) is 22.6 Å². The summed E-state index contributed by atoms with van der Waals surface area (Å²) in [5, 5.41) is 9.32. The number of hydrogen-bond acceptors (Lipinski definition) is 10. The van der Waals surface area contributed by atoms with E-state index in [2.05, 4.69) is 15.8 Å². The largest absolute Gasteiger partial charge is 0.337 e. The Morgan fingerprint density at radius 1 is 1.08 bits per heavy atom. The fourth-order valence-corrected chi connectivity index (χ4v) is 7.28. The summed E-state index contributed by atoms with van der Waals surface area (Å²) in [7, 11) is -7.85. The van der Waals surface area contributed by atoms with Crippen LogP contribution in [0.4, 0.5) is 11.6 Å². The highest BCUT2D eigenvalue weighted by molar-refractivity contribution is 7.91. The molecule has 2 aromatic heterocycles. The molecule has 0 spiro atoms. The monoisotopic (exact) mass is 614 g/mol. The van der Waals surface area contributed by atoms with Crippen molar-refractivity contribution in [1.29, 1.82) is 0 Å². The first-order valence-corrected chi connectivity index (χ1v) is 16.1. The Kier molecular flexibility index (Phi) is 8.95. The third kappa shape index (κ3) is 7.06. The predicted octanol–water partition coefficient (Wildman–Crippen LogP) is 4.27. The lowest BCUT2D eigenvalue weighted by Gasteiger charge is -2.15. The molecule has 11 nitrogen and oxygen atoms in total. The maximum atomic E-state index is 13.4. The zero-order valence-electron chi connectivity index (χ0n) is 21.9. The maximum absolute atomic E-state index is 13.4. The number of halogens is 1. The van der Waals surface area contributed by atoms with Crippen molar-refractivity contribution >= 4 is 66.2 Å². The molecule has 0 atom stereocenters. The number of sulfonamides is 1. The Bertz CT molecular complexity index is 1710. The molecule has 0 aliphatic carbocycles. The minimum absolute atomic E-state index is 0.0605. The molecule has 2 amide bonds. The first-order chi connectivity index (χ1) is 18.0. The lowest BCUT2D eigenvalue weighted by Crippen LogP contribution is -2.30. The van der Waals surface area contributed by atoms with Gasteiger partial charge in [-0.25, -0.2) is 21.6 Å². The molecule has 0 radical (unpaired) electrons. The Balaban J connectivity index is 1.93. The van der Waals surface area contributed by atoms with E-state index in [0.29, 0.717) is 27.3 Å². The molecule has 0 aliphatic rings. The number of amides is 2. The molecule has 3 aromatic rings. The van der Waals surface area contributed by atoms with Gasteiger partial charge in [-0.05, 0) is 57.4 Å². The molecule has 0 bridgehead atoms. The smallest absolute Gasteiger partial charge is 0.267 e. The highest BCUT2D eigenvalue weighted by Gasteiger charge is 2.29.